The van der Waals surface area contributed by atoms with Crippen molar-refractivity contribution >= 4 is 29.6 Å². The third-order valence-electron chi connectivity index (χ3n) is 4.54. The van der Waals surface area contributed by atoms with Crippen LogP contribution in [-0.2, 0) is 4.79 Å². The van der Waals surface area contributed by atoms with Gasteiger partial charge < -0.3 is 16.4 Å². The number of nitrogens with zero attached hydrogens (tertiary/aromatic N) is 3. The first-order valence-corrected chi connectivity index (χ1v) is 9.53. The summed E-state index contributed by atoms with van der Waals surface area (Å²) < 4.78 is 43.3. The van der Waals surface area contributed by atoms with Gasteiger partial charge in [0, 0.05) is 30.6 Å². The Bertz CT molecular complexity index is 950. The van der Waals surface area contributed by atoms with Gasteiger partial charge in [-0.25, -0.2) is 18.2 Å². The lowest BCUT2D eigenvalue weighted by molar-refractivity contribution is -0.118. The summed E-state index contributed by atoms with van der Waals surface area (Å²) in [6.45, 7) is 5.75. The summed E-state index contributed by atoms with van der Waals surface area (Å²) in [6.07, 6.45) is 1.62. The number of anilines is 3. The van der Waals surface area contributed by atoms with Crippen LogP contribution in [0.2, 0.25) is 0 Å². The van der Waals surface area contributed by atoms with Gasteiger partial charge in [0.2, 0.25) is 11.9 Å². The van der Waals surface area contributed by atoms with Crippen molar-refractivity contribution in [3.63, 3.8) is 0 Å². The number of aliphatic imine (C=N–C) groups is 1. The number of fused-ring (bicyclic) bond motifs is 1. The predicted molar refractivity (Wildman–Crippen MR) is 108 cm³/mol. The molecule has 1 amide bonds. The van der Waals surface area contributed by atoms with Gasteiger partial charge in [-0.15, -0.1) is 0 Å². The molecule has 0 spiro atoms. The summed E-state index contributed by atoms with van der Waals surface area (Å²) in [5.74, 6) is -2.99. The van der Waals surface area contributed by atoms with Crippen molar-refractivity contribution in [1.82, 2.24) is 14.9 Å². The van der Waals surface area contributed by atoms with E-state index in [0.717, 1.165) is 0 Å². The van der Waals surface area contributed by atoms with Crippen molar-refractivity contribution < 1.29 is 18.0 Å². The van der Waals surface area contributed by atoms with Gasteiger partial charge in [0.25, 0.3) is 0 Å². The van der Waals surface area contributed by atoms with E-state index in [4.69, 9.17) is 5.73 Å². The van der Waals surface area contributed by atoms with Crippen LogP contribution in [0.1, 0.15) is 45.3 Å². The van der Waals surface area contributed by atoms with E-state index in [-0.39, 0.29) is 24.5 Å². The maximum absolute atomic E-state index is 14.2. The Morgan fingerprint density at radius 1 is 1.27 bits per heavy atom. The molecule has 0 radical (unpaired) electrons. The molecule has 8 nitrogen and oxygen atoms in total. The molecule has 0 bridgehead atoms. The molecular formula is C19H24F3N7O. The fourth-order valence-electron chi connectivity index (χ4n) is 3.17. The highest BCUT2D eigenvalue weighted by Gasteiger charge is 2.26. The van der Waals surface area contributed by atoms with E-state index in [1.807, 2.05) is 20.8 Å². The summed E-state index contributed by atoms with van der Waals surface area (Å²) >= 11 is 0. The predicted octanol–water partition coefficient (Wildman–Crippen LogP) is 3.00. The molecule has 1 aliphatic heterocycles. The highest BCUT2D eigenvalue weighted by atomic mass is 19.1. The molecule has 2 aromatic rings. The van der Waals surface area contributed by atoms with Gasteiger partial charge in [-0.1, -0.05) is 0 Å². The number of carbonyl (C=O) groups is 1. The van der Waals surface area contributed by atoms with Crippen LogP contribution in [-0.4, -0.2) is 34.0 Å². The van der Waals surface area contributed by atoms with Gasteiger partial charge >= 0.3 is 0 Å². The van der Waals surface area contributed by atoms with Crippen molar-refractivity contribution in [3.8, 4) is 0 Å². The average molecular weight is 423 g/mol. The molecule has 3 rings (SSSR count). The molecule has 0 aliphatic carbocycles. The molecule has 5 N–H and O–H groups in total. The van der Waals surface area contributed by atoms with E-state index >= 15 is 0 Å². The number of benzene rings is 1. The van der Waals surface area contributed by atoms with Gasteiger partial charge in [-0.05, 0) is 27.2 Å². The lowest BCUT2D eigenvalue weighted by Gasteiger charge is -2.26. The van der Waals surface area contributed by atoms with Crippen molar-refractivity contribution in [2.24, 2.45) is 10.7 Å². The second-order valence-corrected chi connectivity index (χ2v) is 7.41. The Morgan fingerprint density at radius 2 is 1.93 bits per heavy atom. The van der Waals surface area contributed by atoms with Crippen molar-refractivity contribution in [1.29, 1.82) is 0 Å². The fourth-order valence-corrected chi connectivity index (χ4v) is 3.17. The zero-order chi connectivity index (χ0) is 22.0. The number of carbonyl (C=O) groups excluding carboxylic acids is 1. The minimum Gasteiger partial charge on any atom is -0.370 e. The number of halogens is 3. The van der Waals surface area contributed by atoms with E-state index in [1.54, 1.807) is 10.8 Å². The summed E-state index contributed by atoms with van der Waals surface area (Å²) in [6, 6.07) is 1.00. The van der Waals surface area contributed by atoms with Crippen molar-refractivity contribution in [3.05, 3.63) is 35.3 Å². The van der Waals surface area contributed by atoms with E-state index in [1.165, 1.54) is 0 Å². The SMILES string of the molecule is CC(C)NC1N=Cc2nc(Nc3c(F)cc(F)cc3F)n([C@@H](C)CCC(N)=O)c2N1. The first-order chi connectivity index (χ1) is 14.2. The number of nitrogens with two attached hydrogens (primary N) is 1. The van der Waals surface area contributed by atoms with Crippen LogP contribution in [0.5, 0.6) is 0 Å². The number of hydrogen-bond donors (Lipinski definition) is 4. The highest BCUT2D eigenvalue weighted by Crippen LogP contribution is 2.33. The molecule has 0 saturated heterocycles. The number of aromatic nitrogens is 2. The summed E-state index contributed by atoms with van der Waals surface area (Å²) in [5, 5.41) is 9.03. The standard InChI is InChI=1S/C19H24F3N7O/c1-9(2)25-18-24-8-14-17(28-18)29(10(3)4-5-15(23)30)19(26-14)27-16-12(21)6-11(20)7-13(16)22/h6-10,18,25,28H,4-5H2,1-3H3,(H2,23,30)(H,26,27)/t10-,18?/m0/s1. The third-order valence-corrected chi connectivity index (χ3v) is 4.54. The molecule has 0 fully saturated rings. The Balaban J connectivity index is 2.00. The first kappa shape index (κ1) is 21.6. The topological polar surface area (TPSA) is 109 Å². The molecule has 11 heteroatoms. The number of rotatable bonds is 8. The summed E-state index contributed by atoms with van der Waals surface area (Å²) in [5.41, 5.74) is 5.18. The smallest absolute Gasteiger partial charge is 0.217 e. The largest absolute Gasteiger partial charge is 0.370 e. The molecule has 1 aliphatic rings. The molecule has 2 atom stereocenters. The van der Waals surface area contributed by atoms with Gasteiger partial charge in [0.1, 0.15) is 23.0 Å². The molecule has 2 heterocycles. The Morgan fingerprint density at radius 3 is 2.53 bits per heavy atom. The van der Waals surface area contributed by atoms with Crippen molar-refractivity contribution in [2.45, 2.75) is 52.0 Å². The quantitative estimate of drug-likeness (QED) is 0.522. The lowest BCUT2D eigenvalue weighted by atomic mass is 10.1. The normalized spacial score (nSPS) is 16.3. The second kappa shape index (κ2) is 8.74. The number of primary amides is 1. The van der Waals surface area contributed by atoms with Crippen LogP contribution < -0.4 is 21.7 Å². The third kappa shape index (κ3) is 4.73. The first-order valence-electron chi connectivity index (χ1n) is 9.53. The number of nitrogens with one attached hydrogen (secondary N) is 3. The number of imidazole rings is 1. The zero-order valence-corrected chi connectivity index (χ0v) is 16.8. The fraction of sp³-hybridized carbons (Fsp3) is 0.421. The lowest BCUT2D eigenvalue weighted by Crippen LogP contribution is -2.41. The summed E-state index contributed by atoms with van der Waals surface area (Å²) in [7, 11) is 0. The molecule has 1 aromatic carbocycles. The highest BCUT2D eigenvalue weighted by molar-refractivity contribution is 5.88. The van der Waals surface area contributed by atoms with Gasteiger partial charge in [-0.2, -0.15) is 0 Å². The number of amides is 1. The molecule has 162 valence electrons. The molecule has 1 unspecified atom stereocenters. The monoisotopic (exact) mass is 423 g/mol. The molecular weight excluding hydrogens is 399 g/mol. The molecule has 1 aromatic heterocycles. The van der Waals surface area contributed by atoms with Crippen LogP contribution in [0.25, 0.3) is 0 Å². The Kier molecular flexibility index (Phi) is 6.30. The summed E-state index contributed by atoms with van der Waals surface area (Å²) in [4.78, 5) is 19.9. The molecule has 0 saturated carbocycles. The zero-order valence-electron chi connectivity index (χ0n) is 16.8. The van der Waals surface area contributed by atoms with Crippen LogP contribution in [0.3, 0.4) is 0 Å². The minimum atomic E-state index is -1.09. The minimum absolute atomic E-state index is 0.116. The maximum atomic E-state index is 14.2. The van der Waals surface area contributed by atoms with Crippen molar-refractivity contribution in [2.75, 3.05) is 10.6 Å². The van der Waals surface area contributed by atoms with Crippen LogP contribution >= 0.6 is 0 Å². The van der Waals surface area contributed by atoms with E-state index < -0.39 is 35.3 Å². The number of hydrogen-bond acceptors (Lipinski definition) is 6. The van der Waals surface area contributed by atoms with E-state index in [0.29, 0.717) is 30.1 Å². The van der Waals surface area contributed by atoms with Crippen LogP contribution in [0, 0.1) is 17.5 Å². The maximum Gasteiger partial charge on any atom is 0.217 e. The Labute approximate surface area is 171 Å². The van der Waals surface area contributed by atoms with Gasteiger partial charge in [0.05, 0.1) is 6.21 Å². The Hall–Kier alpha value is -3.08. The molecule has 30 heavy (non-hydrogen) atoms. The average Bonchev–Trinajstić information content (AvgIpc) is 2.99. The van der Waals surface area contributed by atoms with Crippen LogP contribution in [0.15, 0.2) is 17.1 Å². The van der Waals surface area contributed by atoms with Gasteiger partial charge in [-0.3, -0.25) is 19.7 Å². The van der Waals surface area contributed by atoms with Gasteiger partial charge in [0.15, 0.2) is 17.9 Å². The van der Waals surface area contributed by atoms with E-state index in [2.05, 4.69) is 25.9 Å². The second-order valence-electron chi connectivity index (χ2n) is 7.41. The van der Waals surface area contributed by atoms with Crippen LogP contribution in [0.4, 0.5) is 30.6 Å². The van der Waals surface area contributed by atoms with E-state index in [9.17, 15) is 18.0 Å².